The van der Waals surface area contributed by atoms with Gasteiger partial charge in [0.25, 0.3) is 0 Å². The maximum Gasteiger partial charge on any atom is 0.342 e. The van der Waals surface area contributed by atoms with Crippen molar-refractivity contribution in [2.24, 2.45) is 17.6 Å². The number of ether oxygens (including phenoxy) is 1. The summed E-state index contributed by atoms with van der Waals surface area (Å²) in [7, 11) is 0. The Hall–Kier alpha value is -1.41. The molecule has 2 saturated carbocycles. The van der Waals surface area contributed by atoms with Crippen LogP contribution in [0.1, 0.15) is 12.0 Å². The van der Waals surface area contributed by atoms with Crippen LogP contribution in [0.5, 0.6) is 0 Å². The normalized spacial score (nSPS) is 37.1. The Morgan fingerprint density at radius 3 is 2.50 bits per heavy atom. The Morgan fingerprint density at radius 1 is 1.29 bits per heavy atom. The Balaban J connectivity index is 1.78. The predicted molar refractivity (Wildman–Crippen MR) is 82.7 cm³/mol. The van der Waals surface area contributed by atoms with Gasteiger partial charge in [-0.3, -0.25) is 4.79 Å². The van der Waals surface area contributed by atoms with Crippen molar-refractivity contribution in [3.8, 4) is 0 Å². The second kappa shape index (κ2) is 5.56. The van der Waals surface area contributed by atoms with Crippen LogP contribution in [-0.4, -0.2) is 39.5 Å². The number of carboxylic acid groups (broad SMARTS) is 2. The van der Waals surface area contributed by atoms with Crippen molar-refractivity contribution in [2.75, 3.05) is 0 Å². The molecule has 2 aliphatic rings. The van der Waals surface area contributed by atoms with Gasteiger partial charge in [0.05, 0.1) is 22.8 Å². The molecule has 0 heterocycles. The van der Waals surface area contributed by atoms with Crippen LogP contribution in [0.4, 0.5) is 4.39 Å². The van der Waals surface area contributed by atoms with E-state index in [0.717, 1.165) is 0 Å². The lowest BCUT2D eigenvalue weighted by Crippen LogP contribution is -2.53. The highest BCUT2D eigenvalue weighted by Gasteiger charge is 2.85. The van der Waals surface area contributed by atoms with E-state index in [-0.39, 0.29) is 13.0 Å². The Labute approximate surface area is 146 Å². The van der Waals surface area contributed by atoms with Crippen molar-refractivity contribution in [3.05, 3.63) is 33.8 Å². The number of halogens is 3. The summed E-state index contributed by atoms with van der Waals surface area (Å²) in [6.07, 6.45) is -1.07. The molecule has 0 saturated heterocycles. The summed E-state index contributed by atoms with van der Waals surface area (Å²) in [6, 6.07) is 4.79. The number of rotatable bonds is 5. The predicted octanol–water partition coefficient (Wildman–Crippen LogP) is 2.10. The molecule has 3 rings (SSSR count). The molecule has 2 fully saturated rings. The van der Waals surface area contributed by atoms with Crippen molar-refractivity contribution in [1.82, 2.24) is 0 Å². The largest absolute Gasteiger partial charge is 0.480 e. The van der Waals surface area contributed by atoms with Gasteiger partial charge >= 0.3 is 11.9 Å². The number of nitrogens with two attached hydrogens (primary N) is 1. The molecule has 1 aromatic rings. The fourth-order valence-corrected chi connectivity index (χ4v) is 3.96. The molecule has 0 aliphatic heterocycles. The van der Waals surface area contributed by atoms with Crippen molar-refractivity contribution in [1.29, 1.82) is 0 Å². The van der Waals surface area contributed by atoms with E-state index >= 15 is 0 Å². The first-order chi connectivity index (χ1) is 11.1. The van der Waals surface area contributed by atoms with Crippen molar-refractivity contribution in [2.45, 2.75) is 30.3 Å². The first kappa shape index (κ1) is 17.4. The van der Waals surface area contributed by atoms with E-state index in [1.54, 1.807) is 18.2 Å². The number of hydrogen-bond donors (Lipinski definition) is 3. The van der Waals surface area contributed by atoms with E-state index in [2.05, 4.69) is 0 Å². The standard InChI is InChI=1S/C15H14Cl2FNO5/c16-7-2-1-6(3-8(7)17)5-24-9-4-14(19,12(20)21)11-10(9)15(11,18)13(22)23/h1-3,9-11H,4-5,19H2,(H,20,21)(H,22,23)/t9-,10+,11+,14-,15+/m0/s1. The minimum Gasteiger partial charge on any atom is -0.480 e. The number of fused-ring (bicyclic) bond motifs is 1. The molecule has 0 radical (unpaired) electrons. The van der Waals surface area contributed by atoms with Crippen molar-refractivity contribution in [3.63, 3.8) is 0 Å². The van der Waals surface area contributed by atoms with E-state index in [0.29, 0.717) is 15.6 Å². The highest BCUT2D eigenvalue weighted by Crippen LogP contribution is 2.67. The number of benzene rings is 1. The lowest BCUT2D eigenvalue weighted by Gasteiger charge is -2.26. The van der Waals surface area contributed by atoms with Crippen LogP contribution in [0.2, 0.25) is 10.0 Å². The second-order valence-electron chi connectivity index (χ2n) is 6.22. The smallest absolute Gasteiger partial charge is 0.342 e. The zero-order valence-electron chi connectivity index (χ0n) is 12.2. The minimum atomic E-state index is -2.67. The van der Waals surface area contributed by atoms with Gasteiger partial charge in [0, 0.05) is 18.3 Å². The molecule has 0 spiro atoms. The Bertz CT molecular complexity index is 732. The van der Waals surface area contributed by atoms with Gasteiger partial charge in [0.2, 0.25) is 5.67 Å². The van der Waals surface area contributed by atoms with Gasteiger partial charge in [-0.25, -0.2) is 9.18 Å². The van der Waals surface area contributed by atoms with E-state index < -0.39 is 41.1 Å². The summed E-state index contributed by atoms with van der Waals surface area (Å²) in [4.78, 5) is 22.6. The van der Waals surface area contributed by atoms with Gasteiger partial charge in [0.15, 0.2) is 0 Å². The van der Waals surface area contributed by atoms with E-state index in [1.807, 2.05) is 0 Å². The first-order valence-corrected chi connectivity index (χ1v) is 7.88. The van der Waals surface area contributed by atoms with E-state index in [1.165, 1.54) is 0 Å². The highest BCUT2D eigenvalue weighted by atomic mass is 35.5. The van der Waals surface area contributed by atoms with Crippen LogP contribution in [0, 0.1) is 11.8 Å². The molecule has 5 atom stereocenters. The molecule has 0 amide bonds. The lowest BCUT2D eigenvalue weighted by molar-refractivity contribution is -0.152. The van der Waals surface area contributed by atoms with Gasteiger partial charge in [-0.1, -0.05) is 29.3 Å². The SMILES string of the molecule is N[C@@]1(C(=O)O)C[C@H](OCc2ccc(Cl)c(Cl)c2)[C@@H]2[C@H]1[C@@]2(F)C(=O)O. The third-order valence-corrected chi connectivity index (χ3v) is 5.60. The molecule has 130 valence electrons. The maximum absolute atomic E-state index is 14.6. The zero-order valence-corrected chi connectivity index (χ0v) is 13.7. The molecule has 24 heavy (non-hydrogen) atoms. The summed E-state index contributed by atoms with van der Waals surface area (Å²) in [5.41, 5.74) is 1.80. The monoisotopic (exact) mass is 377 g/mol. The first-order valence-electron chi connectivity index (χ1n) is 7.12. The fourth-order valence-electron chi connectivity index (χ4n) is 3.64. The van der Waals surface area contributed by atoms with Gasteiger partial charge in [-0.15, -0.1) is 0 Å². The summed E-state index contributed by atoms with van der Waals surface area (Å²) in [5.74, 6) is -5.53. The highest BCUT2D eigenvalue weighted by molar-refractivity contribution is 6.42. The van der Waals surface area contributed by atoms with Crippen LogP contribution < -0.4 is 5.73 Å². The van der Waals surface area contributed by atoms with Gasteiger partial charge in [0.1, 0.15) is 5.54 Å². The summed E-state index contributed by atoms with van der Waals surface area (Å²) < 4.78 is 20.2. The van der Waals surface area contributed by atoms with Crippen LogP contribution in [0.15, 0.2) is 18.2 Å². The van der Waals surface area contributed by atoms with Gasteiger partial charge in [-0.05, 0) is 17.7 Å². The summed E-state index contributed by atoms with van der Waals surface area (Å²) in [5, 5.41) is 19.1. The number of aliphatic carboxylic acids is 2. The summed E-state index contributed by atoms with van der Waals surface area (Å²) in [6.45, 7) is 0.0101. The Kier molecular flexibility index (Phi) is 4.03. The fraction of sp³-hybridized carbons (Fsp3) is 0.467. The second-order valence-corrected chi connectivity index (χ2v) is 7.04. The molecular weight excluding hydrogens is 364 g/mol. The third-order valence-electron chi connectivity index (χ3n) is 4.86. The van der Waals surface area contributed by atoms with Crippen LogP contribution in [0.3, 0.4) is 0 Å². The molecule has 9 heteroatoms. The lowest BCUT2D eigenvalue weighted by atomic mass is 9.90. The zero-order chi connectivity index (χ0) is 17.9. The number of alkyl halides is 1. The number of carbonyl (C=O) groups is 2. The number of hydrogen-bond acceptors (Lipinski definition) is 4. The third kappa shape index (κ3) is 2.38. The van der Waals surface area contributed by atoms with E-state index in [9.17, 15) is 19.1 Å². The topological polar surface area (TPSA) is 110 Å². The molecule has 0 aromatic heterocycles. The average molecular weight is 378 g/mol. The molecule has 4 N–H and O–H groups in total. The average Bonchev–Trinajstić information content (AvgIpc) is 3.02. The minimum absolute atomic E-state index is 0.0101. The molecule has 0 bridgehead atoms. The molecular formula is C15H14Cl2FNO5. The maximum atomic E-state index is 14.6. The molecule has 6 nitrogen and oxygen atoms in total. The number of carboxylic acids is 2. The molecule has 1 aromatic carbocycles. The van der Waals surface area contributed by atoms with Crippen LogP contribution >= 0.6 is 23.2 Å². The molecule has 0 unspecified atom stereocenters. The summed E-state index contributed by atoms with van der Waals surface area (Å²) >= 11 is 11.7. The van der Waals surface area contributed by atoms with Crippen LogP contribution in [0.25, 0.3) is 0 Å². The quantitative estimate of drug-likeness (QED) is 0.724. The van der Waals surface area contributed by atoms with Crippen LogP contribution in [-0.2, 0) is 20.9 Å². The molecule has 2 aliphatic carbocycles. The van der Waals surface area contributed by atoms with E-state index in [4.69, 9.17) is 38.8 Å². The van der Waals surface area contributed by atoms with Gasteiger partial charge in [-0.2, -0.15) is 0 Å². The van der Waals surface area contributed by atoms with Gasteiger partial charge < -0.3 is 20.7 Å². The van der Waals surface area contributed by atoms with Crippen molar-refractivity contribution >= 4 is 35.1 Å². The van der Waals surface area contributed by atoms with Crippen molar-refractivity contribution < 1.29 is 28.9 Å². The Morgan fingerprint density at radius 2 is 1.96 bits per heavy atom.